The topological polar surface area (TPSA) is 21.7 Å². The van der Waals surface area contributed by atoms with Crippen LogP contribution in [0.15, 0.2) is 78.9 Å². The molecule has 0 bridgehead atoms. The van der Waals surface area contributed by atoms with Crippen molar-refractivity contribution in [1.29, 1.82) is 0 Å². The van der Waals surface area contributed by atoms with Crippen LogP contribution < -0.4 is 14.4 Å². The van der Waals surface area contributed by atoms with Crippen LogP contribution in [0.3, 0.4) is 0 Å². The average Bonchev–Trinajstić information content (AvgIpc) is 2.86. The summed E-state index contributed by atoms with van der Waals surface area (Å²) < 4.78 is 50.3. The molecule has 0 spiro atoms. The second-order valence-corrected chi connectivity index (χ2v) is 9.26. The zero-order valence-corrected chi connectivity index (χ0v) is 21.9. The third kappa shape index (κ3) is 5.64. The van der Waals surface area contributed by atoms with Crippen LogP contribution in [0.2, 0.25) is 0 Å². The maximum Gasteiger partial charge on any atom is 0.673 e. The lowest BCUT2D eigenvalue weighted by atomic mass is 9.76. The van der Waals surface area contributed by atoms with Gasteiger partial charge >= 0.3 is 7.25 Å². The summed E-state index contributed by atoms with van der Waals surface area (Å²) in [5.41, 5.74) is 11.2. The van der Waals surface area contributed by atoms with E-state index in [1.165, 1.54) is 33.4 Å². The molecule has 3 nitrogen and oxygen atoms in total. The molecule has 0 saturated heterocycles. The molecule has 0 radical (unpaired) electrons. The third-order valence-corrected chi connectivity index (χ3v) is 6.62. The highest BCUT2D eigenvalue weighted by Crippen LogP contribution is 2.53. The van der Waals surface area contributed by atoms with Crippen LogP contribution in [-0.2, 0) is 0 Å². The fourth-order valence-electron chi connectivity index (χ4n) is 5.29. The molecule has 0 atom stereocenters. The molecule has 1 aliphatic heterocycles. The van der Waals surface area contributed by atoms with Crippen molar-refractivity contribution in [3.63, 3.8) is 0 Å². The maximum absolute atomic E-state index is 9.75. The normalized spacial score (nSPS) is 12.7. The van der Waals surface area contributed by atoms with Crippen LogP contribution in [-0.4, -0.2) is 21.5 Å². The van der Waals surface area contributed by atoms with Gasteiger partial charge in [0.1, 0.15) is 11.5 Å². The van der Waals surface area contributed by atoms with Crippen LogP contribution in [0.4, 0.5) is 34.3 Å². The van der Waals surface area contributed by atoms with Gasteiger partial charge in [0.2, 0.25) is 0 Å². The number of hydrogen-bond acceptors (Lipinski definition) is 3. The number of fused-ring (bicyclic) bond motifs is 2. The van der Waals surface area contributed by atoms with E-state index in [0.29, 0.717) is 0 Å². The van der Waals surface area contributed by atoms with Crippen molar-refractivity contribution in [3.8, 4) is 11.5 Å². The van der Waals surface area contributed by atoms with Gasteiger partial charge in [0.05, 0.1) is 25.6 Å². The Morgan fingerprint density at radius 2 is 1.11 bits per heavy atom. The largest absolute Gasteiger partial charge is 0.673 e. The first kappa shape index (κ1) is 27.1. The minimum Gasteiger partial charge on any atom is -0.497 e. The number of para-hydroxylation sites is 1. The molecule has 5 rings (SSSR count). The van der Waals surface area contributed by atoms with Crippen molar-refractivity contribution < 1.29 is 26.7 Å². The van der Waals surface area contributed by atoms with Crippen molar-refractivity contribution >= 4 is 24.3 Å². The number of benzene rings is 4. The van der Waals surface area contributed by atoms with Gasteiger partial charge in [0, 0.05) is 23.7 Å². The van der Waals surface area contributed by atoms with Gasteiger partial charge in [-0.25, -0.2) is 0 Å². The molecule has 38 heavy (non-hydrogen) atoms. The molecule has 1 aliphatic rings. The molecule has 198 valence electrons. The molecule has 0 unspecified atom stereocenters. The number of ether oxygens (including phenoxy) is 2. The fraction of sp³-hybridized carbons (Fsp3) is 0.200. The van der Waals surface area contributed by atoms with E-state index >= 15 is 0 Å². The molecule has 4 aromatic rings. The van der Waals surface area contributed by atoms with Crippen LogP contribution in [0.25, 0.3) is 0 Å². The summed E-state index contributed by atoms with van der Waals surface area (Å²) >= 11 is 0. The van der Waals surface area contributed by atoms with Gasteiger partial charge in [0.15, 0.2) is 0 Å². The van der Waals surface area contributed by atoms with Gasteiger partial charge in [-0.15, -0.1) is 0 Å². The first-order chi connectivity index (χ1) is 18.0. The van der Waals surface area contributed by atoms with Gasteiger partial charge in [-0.05, 0) is 72.9 Å². The first-order valence-corrected chi connectivity index (χ1v) is 12.2. The van der Waals surface area contributed by atoms with Gasteiger partial charge < -0.3 is 31.6 Å². The first-order valence-electron chi connectivity index (χ1n) is 12.2. The highest BCUT2D eigenvalue weighted by atomic mass is 19.5. The zero-order valence-electron chi connectivity index (χ0n) is 21.9. The Hall–Kier alpha value is -3.94. The van der Waals surface area contributed by atoms with Crippen LogP contribution in [0.1, 0.15) is 39.3 Å². The van der Waals surface area contributed by atoms with Crippen LogP contribution >= 0.6 is 0 Å². The van der Waals surface area contributed by atoms with E-state index in [-0.39, 0.29) is 5.92 Å². The number of halogens is 4. The monoisotopic (exact) mass is 522 g/mol. The van der Waals surface area contributed by atoms with E-state index in [1.807, 2.05) is 6.07 Å². The predicted molar refractivity (Wildman–Crippen MR) is 146 cm³/mol. The van der Waals surface area contributed by atoms with Crippen molar-refractivity contribution in [2.45, 2.75) is 26.7 Å². The summed E-state index contributed by atoms with van der Waals surface area (Å²) in [5.74, 6) is 1.81. The summed E-state index contributed by atoms with van der Waals surface area (Å²) in [5, 5.41) is 0. The summed E-state index contributed by atoms with van der Waals surface area (Å²) in [6, 6.07) is 28.0. The smallest absolute Gasteiger partial charge is 0.497 e. The Labute approximate surface area is 220 Å². The minimum absolute atomic E-state index is 0.118. The Bertz CT molecular complexity index is 1360. The van der Waals surface area contributed by atoms with Crippen LogP contribution in [0, 0.1) is 20.8 Å². The maximum atomic E-state index is 9.75. The van der Waals surface area contributed by atoms with E-state index in [9.17, 15) is 17.3 Å². The lowest BCUT2D eigenvalue weighted by Crippen LogP contribution is -2.23. The summed E-state index contributed by atoms with van der Waals surface area (Å²) in [6.07, 6.45) is 0. The van der Waals surface area contributed by atoms with E-state index < -0.39 is 7.25 Å². The van der Waals surface area contributed by atoms with E-state index in [2.05, 4.69) is 98.5 Å². The standard InChI is InChI=1S/C30H29NO2.BF4/c1-19-15-20(2)29(21(3)16-19)30-25-13-11-23(32-4)17-27(25)31(22-9-7-6-8-10-22)28-18-24(33-5)12-14-26(28)30;2-1(3,4)5/h6-18,30H,1-5H3;/q;-1. The van der Waals surface area contributed by atoms with Crippen molar-refractivity contribution in [3.05, 3.63) is 112 Å². The predicted octanol–water partition coefficient (Wildman–Crippen LogP) is 8.89. The zero-order chi connectivity index (χ0) is 27.6. The Balaban J connectivity index is 0.000000617. The molecule has 0 aliphatic carbocycles. The van der Waals surface area contributed by atoms with Gasteiger partial charge in [-0.3, -0.25) is 0 Å². The number of anilines is 3. The highest BCUT2D eigenvalue weighted by Gasteiger charge is 2.34. The fourth-order valence-corrected chi connectivity index (χ4v) is 5.29. The molecular weight excluding hydrogens is 493 g/mol. The second-order valence-electron chi connectivity index (χ2n) is 9.26. The number of rotatable bonds is 4. The summed E-state index contributed by atoms with van der Waals surface area (Å²) in [7, 11) is -2.56. The summed E-state index contributed by atoms with van der Waals surface area (Å²) in [4.78, 5) is 2.32. The molecule has 0 fully saturated rings. The van der Waals surface area contributed by atoms with Gasteiger partial charge in [0.25, 0.3) is 0 Å². The Kier molecular flexibility index (Phi) is 7.72. The summed E-state index contributed by atoms with van der Waals surface area (Å²) in [6.45, 7) is 6.62. The van der Waals surface area contributed by atoms with Crippen molar-refractivity contribution in [2.24, 2.45) is 0 Å². The molecule has 0 N–H and O–H groups in total. The molecule has 4 aromatic carbocycles. The van der Waals surface area contributed by atoms with Gasteiger partial charge in [-0.2, -0.15) is 0 Å². The number of aryl methyl sites for hydroxylation is 3. The molecular formula is C30H29BF4NO2-. The SMILES string of the molecule is COc1ccc2c(c1)N(c1ccccc1)c1cc(OC)ccc1C2c1c(C)cc(C)cc1C.F[B-](F)(F)F. The molecule has 0 aromatic heterocycles. The quantitative estimate of drug-likeness (QED) is 0.174. The average molecular weight is 522 g/mol. The Morgan fingerprint density at radius 3 is 1.53 bits per heavy atom. The van der Waals surface area contributed by atoms with Crippen molar-refractivity contribution in [1.82, 2.24) is 0 Å². The van der Waals surface area contributed by atoms with Crippen molar-refractivity contribution in [2.75, 3.05) is 19.1 Å². The highest BCUT2D eigenvalue weighted by molar-refractivity contribution is 6.50. The minimum atomic E-state index is -6.00. The third-order valence-electron chi connectivity index (χ3n) is 6.62. The lowest BCUT2D eigenvalue weighted by molar-refractivity contribution is 0.368. The van der Waals surface area contributed by atoms with Crippen LogP contribution in [0.5, 0.6) is 11.5 Å². The molecule has 8 heteroatoms. The number of methoxy groups -OCH3 is 2. The second kappa shape index (κ2) is 10.8. The molecule has 0 saturated carbocycles. The van der Waals surface area contributed by atoms with E-state index in [4.69, 9.17) is 9.47 Å². The van der Waals surface area contributed by atoms with E-state index in [0.717, 1.165) is 28.6 Å². The molecule has 1 heterocycles. The molecule has 0 amide bonds. The Morgan fingerprint density at radius 1 is 0.658 bits per heavy atom. The van der Waals surface area contributed by atoms with E-state index in [1.54, 1.807) is 14.2 Å². The van der Waals surface area contributed by atoms with Gasteiger partial charge in [-0.1, -0.05) is 48.0 Å². The number of hydrogen-bond donors (Lipinski definition) is 0. The number of nitrogens with zero attached hydrogens (tertiary/aromatic N) is 1. The lowest BCUT2D eigenvalue weighted by Gasteiger charge is -2.39.